The third-order valence-corrected chi connectivity index (χ3v) is 1.32. The van der Waals surface area contributed by atoms with Gasteiger partial charge in [-0.15, -0.1) is 0 Å². The van der Waals surface area contributed by atoms with Crippen LogP contribution in [0.4, 0.5) is 0 Å². The molecule has 0 saturated heterocycles. The first-order valence-corrected chi connectivity index (χ1v) is 4.07. The van der Waals surface area contributed by atoms with Crippen LogP contribution < -0.4 is 0 Å². The summed E-state index contributed by atoms with van der Waals surface area (Å²) in [7, 11) is 0. The first-order valence-electron chi connectivity index (χ1n) is 4.07. The van der Waals surface area contributed by atoms with E-state index in [0.29, 0.717) is 19.4 Å². The van der Waals surface area contributed by atoms with Crippen LogP contribution in [0, 0.1) is 0 Å². The molecule has 0 rings (SSSR count). The average Bonchev–Trinajstić information content (AvgIpc) is 1.97. The summed E-state index contributed by atoms with van der Waals surface area (Å²) in [6, 6.07) is 0. The van der Waals surface area contributed by atoms with E-state index >= 15 is 0 Å². The van der Waals surface area contributed by atoms with E-state index in [0.717, 1.165) is 0 Å². The standard InChI is InChI=1S/C8H18O3/c1-7(2)11-6-8(10)4-3-5-9/h7-10H,3-6H2,1-2H3. The molecule has 0 bridgehead atoms. The first-order chi connectivity index (χ1) is 5.16. The van der Waals surface area contributed by atoms with Crippen LogP contribution in [0.3, 0.4) is 0 Å². The summed E-state index contributed by atoms with van der Waals surface area (Å²) in [6.07, 6.45) is 0.995. The molecule has 0 fully saturated rings. The van der Waals surface area contributed by atoms with Crippen LogP contribution in [0.15, 0.2) is 0 Å². The molecule has 0 aromatic rings. The average molecular weight is 162 g/mol. The van der Waals surface area contributed by atoms with Crippen molar-refractivity contribution < 1.29 is 14.9 Å². The van der Waals surface area contributed by atoms with E-state index in [-0.39, 0.29) is 12.7 Å². The van der Waals surface area contributed by atoms with Gasteiger partial charge in [-0.3, -0.25) is 0 Å². The van der Waals surface area contributed by atoms with Crippen LogP contribution in [-0.2, 0) is 4.74 Å². The van der Waals surface area contributed by atoms with Crippen LogP contribution in [0.2, 0.25) is 0 Å². The molecule has 0 aliphatic carbocycles. The summed E-state index contributed by atoms with van der Waals surface area (Å²) in [5.41, 5.74) is 0. The van der Waals surface area contributed by atoms with Crippen LogP contribution >= 0.6 is 0 Å². The topological polar surface area (TPSA) is 49.7 Å². The molecule has 0 radical (unpaired) electrons. The van der Waals surface area contributed by atoms with Gasteiger partial charge in [0.15, 0.2) is 0 Å². The van der Waals surface area contributed by atoms with Gasteiger partial charge in [0.25, 0.3) is 0 Å². The molecule has 1 atom stereocenters. The van der Waals surface area contributed by atoms with Crippen molar-refractivity contribution in [2.75, 3.05) is 13.2 Å². The molecule has 2 N–H and O–H groups in total. The Morgan fingerprint density at radius 1 is 1.36 bits per heavy atom. The predicted octanol–water partition coefficient (Wildman–Crippen LogP) is 0.545. The lowest BCUT2D eigenvalue weighted by Gasteiger charge is -2.12. The molecule has 0 aromatic carbocycles. The molecular formula is C8H18O3. The van der Waals surface area contributed by atoms with Crippen LogP contribution in [0.1, 0.15) is 26.7 Å². The van der Waals surface area contributed by atoms with Gasteiger partial charge in [0.2, 0.25) is 0 Å². The molecule has 11 heavy (non-hydrogen) atoms. The Kier molecular flexibility index (Phi) is 6.51. The van der Waals surface area contributed by atoms with Crippen molar-refractivity contribution in [3.05, 3.63) is 0 Å². The van der Waals surface area contributed by atoms with Crippen molar-refractivity contribution in [1.29, 1.82) is 0 Å². The summed E-state index contributed by atoms with van der Waals surface area (Å²) < 4.78 is 5.17. The Morgan fingerprint density at radius 3 is 2.45 bits per heavy atom. The van der Waals surface area contributed by atoms with Crippen molar-refractivity contribution in [1.82, 2.24) is 0 Å². The van der Waals surface area contributed by atoms with Gasteiger partial charge in [-0.2, -0.15) is 0 Å². The van der Waals surface area contributed by atoms with Gasteiger partial charge in [0.05, 0.1) is 18.8 Å². The number of aliphatic hydroxyl groups excluding tert-OH is 2. The second kappa shape index (κ2) is 6.58. The van der Waals surface area contributed by atoms with Crippen LogP contribution in [0.5, 0.6) is 0 Å². The Labute approximate surface area is 68.0 Å². The highest BCUT2D eigenvalue weighted by atomic mass is 16.5. The zero-order valence-corrected chi connectivity index (χ0v) is 7.29. The smallest absolute Gasteiger partial charge is 0.0774 e. The maximum absolute atomic E-state index is 9.19. The van der Waals surface area contributed by atoms with E-state index < -0.39 is 6.10 Å². The van der Waals surface area contributed by atoms with E-state index in [1.54, 1.807) is 0 Å². The number of ether oxygens (including phenoxy) is 1. The van der Waals surface area contributed by atoms with Crippen molar-refractivity contribution in [3.8, 4) is 0 Å². The molecule has 1 unspecified atom stereocenters. The number of hydrogen-bond donors (Lipinski definition) is 2. The highest BCUT2D eigenvalue weighted by Gasteiger charge is 2.04. The zero-order chi connectivity index (χ0) is 8.69. The second-order valence-electron chi connectivity index (χ2n) is 2.90. The second-order valence-corrected chi connectivity index (χ2v) is 2.90. The molecule has 3 heteroatoms. The molecule has 0 aliphatic rings. The van der Waals surface area contributed by atoms with E-state index in [4.69, 9.17) is 9.84 Å². The third-order valence-electron chi connectivity index (χ3n) is 1.32. The minimum absolute atomic E-state index is 0.138. The molecule has 0 amide bonds. The highest BCUT2D eigenvalue weighted by Crippen LogP contribution is 1.98. The van der Waals surface area contributed by atoms with Crippen LogP contribution in [0.25, 0.3) is 0 Å². The molecule has 0 aromatic heterocycles. The summed E-state index contributed by atoms with van der Waals surface area (Å²) in [5, 5.41) is 17.6. The van der Waals surface area contributed by atoms with Crippen molar-refractivity contribution in [2.24, 2.45) is 0 Å². The monoisotopic (exact) mass is 162 g/mol. The lowest BCUT2D eigenvalue weighted by atomic mass is 10.2. The number of aliphatic hydroxyl groups is 2. The van der Waals surface area contributed by atoms with Crippen molar-refractivity contribution in [2.45, 2.75) is 38.9 Å². The van der Waals surface area contributed by atoms with Gasteiger partial charge in [0, 0.05) is 6.61 Å². The largest absolute Gasteiger partial charge is 0.396 e. The quantitative estimate of drug-likeness (QED) is 0.599. The van der Waals surface area contributed by atoms with Gasteiger partial charge >= 0.3 is 0 Å². The fraction of sp³-hybridized carbons (Fsp3) is 1.00. The summed E-state index contributed by atoms with van der Waals surface area (Å²) in [6.45, 7) is 4.37. The lowest BCUT2D eigenvalue weighted by Crippen LogP contribution is -2.18. The number of hydrogen-bond acceptors (Lipinski definition) is 3. The number of rotatable bonds is 6. The maximum atomic E-state index is 9.19. The normalized spacial score (nSPS) is 13.9. The van der Waals surface area contributed by atoms with Gasteiger partial charge < -0.3 is 14.9 Å². The van der Waals surface area contributed by atoms with Crippen molar-refractivity contribution in [3.63, 3.8) is 0 Å². The summed E-state index contributed by atoms with van der Waals surface area (Å²) in [4.78, 5) is 0. The van der Waals surface area contributed by atoms with Gasteiger partial charge in [0.1, 0.15) is 0 Å². The van der Waals surface area contributed by atoms with Crippen LogP contribution in [-0.4, -0.2) is 35.6 Å². The first kappa shape index (κ1) is 10.9. The van der Waals surface area contributed by atoms with E-state index in [1.165, 1.54) is 0 Å². The molecular weight excluding hydrogens is 144 g/mol. The Bertz CT molecular complexity index is 83.4. The third kappa shape index (κ3) is 7.78. The Morgan fingerprint density at radius 2 is 2.00 bits per heavy atom. The fourth-order valence-corrected chi connectivity index (χ4v) is 0.714. The molecule has 0 spiro atoms. The minimum Gasteiger partial charge on any atom is -0.396 e. The van der Waals surface area contributed by atoms with Gasteiger partial charge in [-0.05, 0) is 26.7 Å². The molecule has 0 saturated carbocycles. The minimum atomic E-state index is -0.426. The molecule has 3 nitrogen and oxygen atoms in total. The maximum Gasteiger partial charge on any atom is 0.0774 e. The summed E-state index contributed by atoms with van der Waals surface area (Å²) in [5.74, 6) is 0. The fourth-order valence-electron chi connectivity index (χ4n) is 0.714. The molecule has 0 heterocycles. The van der Waals surface area contributed by atoms with Gasteiger partial charge in [-0.1, -0.05) is 0 Å². The SMILES string of the molecule is CC(C)OCC(O)CCCO. The Hall–Kier alpha value is -0.120. The van der Waals surface area contributed by atoms with E-state index in [1.807, 2.05) is 13.8 Å². The highest BCUT2D eigenvalue weighted by molar-refractivity contribution is 4.53. The lowest BCUT2D eigenvalue weighted by molar-refractivity contribution is 0.000517. The summed E-state index contributed by atoms with van der Waals surface area (Å²) >= 11 is 0. The predicted molar refractivity (Wildman–Crippen MR) is 43.4 cm³/mol. The zero-order valence-electron chi connectivity index (χ0n) is 7.29. The van der Waals surface area contributed by atoms with Gasteiger partial charge in [-0.25, -0.2) is 0 Å². The van der Waals surface area contributed by atoms with E-state index in [9.17, 15) is 5.11 Å². The molecule has 68 valence electrons. The van der Waals surface area contributed by atoms with Crippen molar-refractivity contribution >= 4 is 0 Å². The molecule has 0 aliphatic heterocycles. The Balaban J connectivity index is 3.15. The van der Waals surface area contributed by atoms with E-state index in [2.05, 4.69) is 0 Å².